The maximum atomic E-state index is 13.3. The first-order valence-corrected chi connectivity index (χ1v) is 12.2. The van der Waals surface area contributed by atoms with Crippen LogP contribution in [-0.4, -0.2) is 25.2 Å². The molecule has 3 rings (SSSR count). The number of hydrogen-bond donors (Lipinski definition) is 1. The van der Waals surface area contributed by atoms with Crippen molar-refractivity contribution in [1.82, 2.24) is 9.62 Å². The van der Waals surface area contributed by atoms with E-state index in [1.165, 1.54) is 12.1 Å². The van der Waals surface area contributed by atoms with Gasteiger partial charge in [0.05, 0.1) is 11.4 Å². The molecule has 1 N–H and O–H groups in total. The number of sulfonamides is 1. The number of benzene rings is 3. The van der Waals surface area contributed by atoms with Crippen LogP contribution in [0.3, 0.4) is 0 Å². The molecule has 0 fully saturated rings. The van der Waals surface area contributed by atoms with E-state index in [4.69, 9.17) is 23.2 Å². The zero-order valence-electron chi connectivity index (χ0n) is 16.3. The third kappa shape index (κ3) is 6.54. The molecular weight excluding hydrogens is 523 g/mol. The Kier molecular flexibility index (Phi) is 8.13. The summed E-state index contributed by atoms with van der Waals surface area (Å²) >= 11 is 15.4. The minimum absolute atomic E-state index is 0.0229. The molecule has 0 saturated heterocycles. The van der Waals surface area contributed by atoms with Crippen LogP contribution in [0.4, 0.5) is 0 Å². The Bertz CT molecular complexity index is 1150. The highest BCUT2D eigenvalue weighted by atomic mass is 79.9. The molecule has 162 valence electrons. The highest BCUT2D eigenvalue weighted by molar-refractivity contribution is 9.10. The van der Waals surface area contributed by atoms with E-state index in [0.717, 1.165) is 14.3 Å². The number of nitrogens with one attached hydrogen (secondary N) is 1. The molecule has 0 aromatic heterocycles. The smallest absolute Gasteiger partial charge is 0.243 e. The number of carbonyl (C=O) groups excluding carboxylic acids is 1. The van der Waals surface area contributed by atoms with Gasteiger partial charge in [-0.05, 0) is 53.6 Å². The maximum absolute atomic E-state index is 13.3. The molecule has 0 unspecified atom stereocenters. The maximum Gasteiger partial charge on any atom is 0.243 e. The zero-order chi connectivity index (χ0) is 22.4. The van der Waals surface area contributed by atoms with Crippen molar-refractivity contribution < 1.29 is 13.2 Å². The molecule has 5 nitrogen and oxygen atoms in total. The van der Waals surface area contributed by atoms with Crippen molar-refractivity contribution in [2.24, 2.45) is 0 Å². The highest BCUT2D eigenvalue weighted by Gasteiger charge is 2.27. The summed E-state index contributed by atoms with van der Waals surface area (Å²) in [5.41, 5.74) is 1.46. The number of hydrogen-bond acceptors (Lipinski definition) is 3. The van der Waals surface area contributed by atoms with Gasteiger partial charge in [-0.2, -0.15) is 4.31 Å². The standard InChI is InChI=1S/C22H19BrCl2N2O3S/c23-18-7-11-20(12-8-18)31(29,30)27(14-16-5-9-19(24)10-6-16)15-22(28)26-13-17-3-1-2-4-21(17)25/h1-12H,13-15H2,(H,26,28). The minimum atomic E-state index is -3.92. The Morgan fingerprint density at radius 3 is 2.23 bits per heavy atom. The van der Waals surface area contributed by atoms with E-state index in [1.54, 1.807) is 54.6 Å². The summed E-state index contributed by atoms with van der Waals surface area (Å²) < 4.78 is 28.4. The van der Waals surface area contributed by atoms with Crippen molar-refractivity contribution in [3.05, 3.63) is 98.4 Å². The molecule has 9 heteroatoms. The van der Waals surface area contributed by atoms with Crippen LogP contribution in [0.2, 0.25) is 10.0 Å². The summed E-state index contributed by atoms with van der Waals surface area (Å²) in [6, 6.07) is 20.2. The lowest BCUT2D eigenvalue weighted by Gasteiger charge is -2.22. The topological polar surface area (TPSA) is 66.5 Å². The molecule has 31 heavy (non-hydrogen) atoms. The fourth-order valence-electron chi connectivity index (χ4n) is 2.83. The van der Waals surface area contributed by atoms with Crippen molar-refractivity contribution in [2.45, 2.75) is 18.0 Å². The summed E-state index contributed by atoms with van der Waals surface area (Å²) in [7, 11) is -3.92. The van der Waals surface area contributed by atoms with E-state index >= 15 is 0 Å². The van der Waals surface area contributed by atoms with E-state index in [-0.39, 0.29) is 24.5 Å². The monoisotopic (exact) mass is 540 g/mol. The molecule has 0 aliphatic carbocycles. The summed E-state index contributed by atoms with van der Waals surface area (Å²) in [4.78, 5) is 12.7. The Labute approximate surface area is 200 Å². The molecule has 1 amide bonds. The van der Waals surface area contributed by atoms with Crippen LogP contribution in [0, 0.1) is 0 Å². The van der Waals surface area contributed by atoms with Gasteiger partial charge in [-0.15, -0.1) is 0 Å². The van der Waals surface area contributed by atoms with Gasteiger partial charge in [0.1, 0.15) is 0 Å². The molecule has 0 heterocycles. The SMILES string of the molecule is O=C(CN(Cc1ccc(Cl)cc1)S(=O)(=O)c1ccc(Br)cc1)NCc1ccccc1Cl. The van der Waals surface area contributed by atoms with Gasteiger partial charge in [0, 0.05) is 27.6 Å². The van der Waals surface area contributed by atoms with Crippen LogP contribution in [0.5, 0.6) is 0 Å². The fraction of sp³-hybridized carbons (Fsp3) is 0.136. The molecule has 3 aromatic carbocycles. The van der Waals surface area contributed by atoms with Gasteiger partial charge in [0.2, 0.25) is 15.9 Å². The summed E-state index contributed by atoms with van der Waals surface area (Å²) in [5, 5.41) is 3.82. The quantitative estimate of drug-likeness (QED) is 0.423. The second-order valence-corrected chi connectivity index (χ2v) is 10.4. The lowest BCUT2D eigenvalue weighted by Crippen LogP contribution is -2.40. The van der Waals surface area contributed by atoms with Crippen LogP contribution >= 0.6 is 39.1 Å². The number of carbonyl (C=O) groups is 1. The molecule has 0 saturated carbocycles. The summed E-state index contributed by atoms with van der Waals surface area (Å²) in [6.07, 6.45) is 0. The van der Waals surface area contributed by atoms with Crippen molar-refractivity contribution in [3.63, 3.8) is 0 Å². The average Bonchev–Trinajstić information content (AvgIpc) is 2.74. The summed E-state index contributed by atoms with van der Waals surface area (Å²) in [6.45, 7) is -0.119. The van der Waals surface area contributed by atoms with Gasteiger partial charge in [0.25, 0.3) is 0 Å². The van der Waals surface area contributed by atoms with E-state index < -0.39 is 15.9 Å². The summed E-state index contributed by atoms with van der Waals surface area (Å²) in [5.74, 6) is -0.436. The van der Waals surface area contributed by atoms with Gasteiger partial charge < -0.3 is 5.32 Å². The number of rotatable bonds is 8. The van der Waals surface area contributed by atoms with Crippen LogP contribution in [-0.2, 0) is 27.9 Å². The van der Waals surface area contributed by atoms with Crippen molar-refractivity contribution in [1.29, 1.82) is 0 Å². The predicted molar refractivity (Wildman–Crippen MR) is 126 cm³/mol. The van der Waals surface area contributed by atoms with E-state index in [9.17, 15) is 13.2 Å². The van der Waals surface area contributed by atoms with Crippen LogP contribution in [0.1, 0.15) is 11.1 Å². The predicted octanol–water partition coefficient (Wildman–Crippen LogP) is 5.26. The largest absolute Gasteiger partial charge is 0.351 e. The van der Waals surface area contributed by atoms with Gasteiger partial charge >= 0.3 is 0 Å². The van der Waals surface area contributed by atoms with Crippen LogP contribution in [0.25, 0.3) is 0 Å². The minimum Gasteiger partial charge on any atom is -0.351 e. The highest BCUT2D eigenvalue weighted by Crippen LogP contribution is 2.21. The number of nitrogens with zero attached hydrogens (tertiary/aromatic N) is 1. The molecule has 3 aromatic rings. The first kappa shape index (κ1) is 23.8. The lowest BCUT2D eigenvalue weighted by molar-refractivity contribution is -0.121. The molecule has 0 spiro atoms. The number of amides is 1. The van der Waals surface area contributed by atoms with Gasteiger partial charge in [-0.1, -0.05) is 69.5 Å². The van der Waals surface area contributed by atoms with Gasteiger partial charge in [0.15, 0.2) is 0 Å². The average molecular weight is 542 g/mol. The van der Waals surface area contributed by atoms with Crippen molar-refractivity contribution in [2.75, 3.05) is 6.54 Å². The second kappa shape index (κ2) is 10.6. The van der Waals surface area contributed by atoms with E-state index in [0.29, 0.717) is 15.6 Å². The molecule has 0 atom stereocenters. The Balaban J connectivity index is 1.81. The first-order chi connectivity index (χ1) is 14.8. The molecule has 0 radical (unpaired) electrons. The van der Waals surface area contributed by atoms with Crippen molar-refractivity contribution in [3.8, 4) is 0 Å². The van der Waals surface area contributed by atoms with Crippen LogP contribution < -0.4 is 5.32 Å². The second-order valence-electron chi connectivity index (χ2n) is 6.72. The normalized spacial score (nSPS) is 11.5. The Hall–Kier alpha value is -1.90. The third-order valence-electron chi connectivity index (χ3n) is 4.48. The molecular formula is C22H19BrCl2N2O3S. The Morgan fingerprint density at radius 1 is 0.935 bits per heavy atom. The zero-order valence-corrected chi connectivity index (χ0v) is 20.2. The third-order valence-corrected chi connectivity index (χ3v) is 7.43. The lowest BCUT2D eigenvalue weighted by atomic mass is 10.2. The van der Waals surface area contributed by atoms with E-state index in [1.807, 2.05) is 6.07 Å². The molecule has 0 aliphatic rings. The van der Waals surface area contributed by atoms with Crippen LogP contribution in [0.15, 0.2) is 82.2 Å². The first-order valence-electron chi connectivity index (χ1n) is 9.26. The molecule has 0 aliphatic heterocycles. The number of halogens is 3. The van der Waals surface area contributed by atoms with E-state index in [2.05, 4.69) is 21.2 Å². The molecule has 0 bridgehead atoms. The van der Waals surface area contributed by atoms with Gasteiger partial charge in [-0.25, -0.2) is 8.42 Å². The van der Waals surface area contributed by atoms with Gasteiger partial charge in [-0.3, -0.25) is 4.79 Å². The fourth-order valence-corrected chi connectivity index (χ4v) is 4.80. The Morgan fingerprint density at radius 2 is 1.58 bits per heavy atom. The van der Waals surface area contributed by atoms with Crippen molar-refractivity contribution >= 4 is 55.1 Å².